The van der Waals surface area contributed by atoms with E-state index >= 15 is 0 Å². The standard InChI is InChI=1S/C20H30N2O4/c1-20(2,3)19(24)22-11-5-6-15(14-22)18(23)21-16-7-9-17(10-8-16)26-13-12-25-4/h7-10,15H,5-6,11-14H2,1-4H3,(H,21,23). The molecule has 2 amide bonds. The highest BCUT2D eigenvalue weighted by Crippen LogP contribution is 2.24. The zero-order valence-corrected chi connectivity index (χ0v) is 16.2. The number of carbonyl (C=O) groups excluding carboxylic acids is 2. The van der Waals surface area contributed by atoms with Gasteiger partial charge in [-0.05, 0) is 37.1 Å². The second-order valence-corrected chi connectivity index (χ2v) is 7.70. The molecule has 0 bridgehead atoms. The van der Waals surface area contributed by atoms with Crippen LogP contribution in [0, 0.1) is 11.3 Å². The second kappa shape index (κ2) is 9.03. The number of hydrogen-bond acceptors (Lipinski definition) is 4. The first-order valence-electron chi connectivity index (χ1n) is 9.13. The molecule has 6 nitrogen and oxygen atoms in total. The third kappa shape index (κ3) is 5.73. The summed E-state index contributed by atoms with van der Waals surface area (Å²) in [5.41, 5.74) is 0.310. The Bertz CT molecular complexity index is 607. The van der Waals surface area contributed by atoms with Crippen molar-refractivity contribution in [3.63, 3.8) is 0 Å². The highest BCUT2D eigenvalue weighted by Gasteiger charge is 2.33. The molecule has 1 heterocycles. The lowest BCUT2D eigenvalue weighted by molar-refractivity contribution is -0.142. The molecule has 0 aliphatic carbocycles. The molecule has 0 aromatic heterocycles. The van der Waals surface area contributed by atoms with Crippen LogP contribution in [0.4, 0.5) is 5.69 Å². The monoisotopic (exact) mass is 362 g/mol. The number of likely N-dealkylation sites (tertiary alicyclic amines) is 1. The van der Waals surface area contributed by atoms with Crippen molar-refractivity contribution in [1.82, 2.24) is 4.90 Å². The van der Waals surface area contributed by atoms with Crippen molar-refractivity contribution in [2.75, 3.05) is 38.7 Å². The summed E-state index contributed by atoms with van der Waals surface area (Å²) in [5, 5.41) is 2.95. The number of ether oxygens (including phenoxy) is 2. The van der Waals surface area contributed by atoms with Crippen LogP contribution in [-0.2, 0) is 14.3 Å². The number of rotatable bonds is 6. The fourth-order valence-corrected chi connectivity index (χ4v) is 2.97. The van der Waals surface area contributed by atoms with Crippen LogP contribution in [0.25, 0.3) is 0 Å². The molecule has 1 atom stereocenters. The maximum absolute atomic E-state index is 12.6. The molecule has 1 unspecified atom stereocenters. The Labute approximate surface area is 155 Å². The van der Waals surface area contributed by atoms with Crippen LogP contribution in [0.3, 0.4) is 0 Å². The lowest BCUT2D eigenvalue weighted by atomic mass is 9.91. The van der Waals surface area contributed by atoms with Crippen molar-refractivity contribution in [3.05, 3.63) is 24.3 Å². The Morgan fingerprint density at radius 2 is 1.88 bits per heavy atom. The van der Waals surface area contributed by atoms with Crippen LogP contribution in [-0.4, -0.2) is 50.1 Å². The molecule has 0 saturated carbocycles. The summed E-state index contributed by atoms with van der Waals surface area (Å²) in [6.07, 6.45) is 1.66. The largest absolute Gasteiger partial charge is 0.491 e. The average Bonchev–Trinajstić information content (AvgIpc) is 2.62. The molecule has 2 rings (SSSR count). The minimum atomic E-state index is -0.420. The number of methoxy groups -OCH3 is 1. The van der Waals surface area contributed by atoms with E-state index in [1.54, 1.807) is 7.11 Å². The lowest BCUT2D eigenvalue weighted by Crippen LogP contribution is -2.47. The Kier molecular flexibility index (Phi) is 7.03. The van der Waals surface area contributed by atoms with E-state index in [4.69, 9.17) is 9.47 Å². The van der Waals surface area contributed by atoms with E-state index in [0.717, 1.165) is 30.8 Å². The van der Waals surface area contributed by atoms with Gasteiger partial charge in [-0.15, -0.1) is 0 Å². The summed E-state index contributed by atoms with van der Waals surface area (Å²) < 4.78 is 10.5. The summed E-state index contributed by atoms with van der Waals surface area (Å²) in [6.45, 7) is 7.97. The first-order valence-corrected chi connectivity index (χ1v) is 9.13. The fraction of sp³-hybridized carbons (Fsp3) is 0.600. The second-order valence-electron chi connectivity index (χ2n) is 7.70. The van der Waals surface area contributed by atoms with Gasteiger partial charge >= 0.3 is 0 Å². The topological polar surface area (TPSA) is 67.9 Å². The van der Waals surface area contributed by atoms with Gasteiger partial charge in [-0.3, -0.25) is 9.59 Å². The number of piperidine rings is 1. The maximum Gasteiger partial charge on any atom is 0.229 e. The first-order chi connectivity index (χ1) is 12.3. The predicted molar refractivity (Wildman–Crippen MR) is 101 cm³/mol. The number of nitrogens with one attached hydrogen (secondary N) is 1. The summed E-state index contributed by atoms with van der Waals surface area (Å²) in [6, 6.07) is 7.28. The maximum atomic E-state index is 12.6. The minimum Gasteiger partial charge on any atom is -0.491 e. The van der Waals surface area contributed by atoms with Gasteiger partial charge in [-0.2, -0.15) is 0 Å². The molecule has 1 aromatic carbocycles. The molecule has 1 saturated heterocycles. The summed E-state index contributed by atoms with van der Waals surface area (Å²) in [7, 11) is 1.63. The molecular formula is C20H30N2O4. The molecular weight excluding hydrogens is 332 g/mol. The van der Waals surface area contributed by atoms with Crippen molar-refractivity contribution in [2.24, 2.45) is 11.3 Å². The molecule has 6 heteroatoms. The summed E-state index contributed by atoms with van der Waals surface area (Å²) in [5.74, 6) is 0.629. The van der Waals surface area contributed by atoms with E-state index in [9.17, 15) is 9.59 Å². The van der Waals surface area contributed by atoms with Crippen LogP contribution < -0.4 is 10.1 Å². The summed E-state index contributed by atoms with van der Waals surface area (Å²) in [4.78, 5) is 26.9. The van der Waals surface area contributed by atoms with E-state index in [-0.39, 0.29) is 17.7 Å². The lowest BCUT2D eigenvalue weighted by Gasteiger charge is -2.35. The van der Waals surface area contributed by atoms with Gasteiger partial charge in [-0.1, -0.05) is 20.8 Å². The van der Waals surface area contributed by atoms with E-state index < -0.39 is 5.41 Å². The minimum absolute atomic E-state index is 0.0375. The van der Waals surface area contributed by atoms with Gasteiger partial charge in [0.1, 0.15) is 12.4 Å². The Hall–Kier alpha value is -2.08. The van der Waals surface area contributed by atoms with Gasteiger partial charge in [0.05, 0.1) is 12.5 Å². The molecule has 1 aliphatic rings. The van der Waals surface area contributed by atoms with Gasteiger partial charge in [0.25, 0.3) is 0 Å². The molecule has 1 fully saturated rings. The van der Waals surface area contributed by atoms with Crippen LogP contribution in [0.5, 0.6) is 5.75 Å². The van der Waals surface area contributed by atoms with Crippen LogP contribution in [0.2, 0.25) is 0 Å². The smallest absolute Gasteiger partial charge is 0.229 e. The average molecular weight is 362 g/mol. The van der Waals surface area contributed by atoms with E-state index in [2.05, 4.69) is 5.32 Å². The third-order valence-electron chi connectivity index (χ3n) is 4.40. The number of carbonyl (C=O) groups is 2. The Balaban J connectivity index is 1.89. The van der Waals surface area contributed by atoms with Crippen molar-refractivity contribution in [3.8, 4) is 5.75 Å². The van der Waals surface area contributed by atoms with E-state index in [0.29, 0.717) is 19.8 Å². The quantitative estimate of drug-likeness (QED) is 0.790. The van der Waals surface area contributed by atoms with E-state index in [1.807, 2.05) is 49.9 Å². The van der Waals surface area contributed by atoms with Crippen LogP contribution in [0.1, 0.15) is 33.6 Å². The predicted octanol–water partition coefficient (Wildman–Crippen LogP) is 2.94. The molecule has 26 heavy (non-hydrogen) atoms. The van der Waals surface area contributed by atoms with Gasteiger partial charge in [0, 0.05) is 31.3 Å². The molecule has 1 aliphatic heterocycles. The zero-order valence-electron chi connectivity index (χ0n) is 16.2. The molecule has 0 radical (unpaired) electrons. The van der Waals surface area contributed by atoms with Gasteiger partial charge < -0.3 is 19.7 Å². The highest BCUT2D eigenvalue weighted by atomic mass is 16.5. The van der Waals surface area contributed by atoms with Gasteiger partial charge in [0.15, 0.2) is 0 Å². The van der Waals surface area contributed by atoms with Crippen molar-refractivity contribution >= 4 is 17.5 Å². The first kappa shape index (κ1) is 20.2. The van der Waals surface area contributed by atoms with Gasteiger partial charge in [0.2, 0.25) is 11.8 Å². The van der Waals surface area contributed by atoms with Crippen LogP contribution in [0.15, 0.2) is 24.3 Å². The molecule has 144 valence electrons. The van der Waals surface area contributed by atoms with Crippen molar-refractivity contribution < 1.29 is 19.1 Å². The normalized spacial score (nSPS) is 17.7. The van der Waals surface area contributed by atoms with Gasteiger partial charge in [-0.25, -0.2) is 0 Å². The van der Waals surface area contributed by atoms with Crippen molar-refractivity contribution in [2.45, 2.75) is 33.6 Å². The van der Waals surface area contributed by atoms with Crippen molar-refractivity contribution in [1.29, 1.82) is 0 Å². The Morgan fingerprint density at radius 1 is 1.19 bits per heavy atom. The number of nitrogens with zero attached hydrogens (tertiary/aromatic N) is 1. The molecule has 1 aromatic rings. The Morgan fingerprint density at radius 3 is 2.50 bits per heavy atom. The molecule has 0 spiro atoms. The number of amides is 2. The van der Waals surface area contributed by atoms with E-state index in [1.165, 1.54) is 0 Å². The number of benzene rings is 1. The number of hydrogen-bond donors (Lipinski definition) is 1. The number of anilines is 1. The third-order valence-corrected chi connectivity index (χ3v) is 4.40. The SMILES string of the molecule is COCCOc1ccc(NC(=O)C2CCCN(C(=O)C(C)(C)C)C2)cc1. The highest BCUT2D eigenvalue weighted by molar-refractivity contribution is 5.93. The fourth-order valence-electron chi connectivity index (χ4n) is 2.97. The van der Waals surface area contributed by atoms with Crippen LogP contribution >= 0.6 is 0 Å². The summed E-state index contributed by atoms with van der Waals surface area (Å²) >= 11 is 0. The molecule has 1 N–H and O–H groups in total. The zero-order chi connectivity index (χ0) is 19.2.